The summed E-state index contributed by atoms with van der Waals surface area (Å²) in [6.45, 7) is 6.31. The Balaban J connectivity index is 1.65. The number of urea groups is 1. The van der Waals surface area contributed by atoms with E-state index in [1.165, 1.54) is 32.1 Å². The summed E-state index contributed by atoms with van der Waals surface area (Å²) in [6.07, 6.45) is 6.89. The van der Waals surface area contributed by atoms with Crippen LogP contribution in [0.25, 0.3) is 0 Å². The third-order valence-electron chi connectivity index (χ3n) is 4.96. The van der Waals surface area contributed by atoms with Gasteiger partial charge >= 0.3 is 6.03 Å². The van der Waals surface area contributed by atoms with Crippen molar-refractivity contribution in [3.63, 3.8) is 0 Å². The van der Waals surface area contributed by atoms with Gasteiger partial charge in [-0.2, -0.15) is 0 Å². The zero-order valence-corrected chi connectivity index (χ0v) is 14.6. The van der Waals surface area contributed by atoms with E-state index in [0.717, 1.165) is 49.2 Å². The van der Waals surface area contributed by atoms with Gasteiger partial charge in [0, 0.05) is 37.4 Å². The molecule has 1 aromatic rings. The first kappa shape index (κ1) is 17.1. The molecule has 5 nitrogen and oxygen atoms in total. The van der Waals surface area contributed by atoms with Crippen LogP contribution in [0.1, 0.15) is 44.6 Å². The smallest absolute Gasteiger partial charge is 0.319 e. The van der Waals surface area contributed by atoms with Crippen LogP contribution in [-0.2, 0) is 6.54 Å². The Hall–Kier alpha value is -1.75. The first-order valence-corrected chi connectivity index (χ1v) is 9.27. The normalized spacial score (nSPS) is 19.0. The predicted molar refractivity (Wildman–Crippen MR) is 96.5 cm³/mol. The summed E-state index contributed by atoms with van der Waals surface area (Å²) in [6, 6.07) is 5.77. The highest BCUT2D eigenvalue weighted by atomic mass is 16.5. The number of anilines is 1. The summed E-state index contributed by atoms with van der Waals surface area (Å²) >= 11 is 0. The van der Waals surface area contributed by atoms with Gasteiger partial charge in [-0.25, -0.2) is 4.79 Å². The number of nitrogens with one attached hydrogen (secondary N) is 2. The second-order valence-electron chi connectivity index (χ2n) is 6.89. The first-order chi connectivity index (χ1) is 11.7. The second-order valence-corrected chi connectivity index (χ2v) is 6.89. The lowest BCUT2D eigenvalue weighted by molar-refractivity contribution is 0.178. The van der Waals surface area contributed by atoms with Crippen molar-refractivity contribution in [1.29, 1.82) is 0 Å². The van der Waals surface area contributed by atoms with E-state index >= 15 is 0 Å². The van der Waals surface area contributed by atoms with E-state index in [4.69, 9.17) is 4.74 Å². The van der Waals surface area contributed by atoms with Crippen molar-refractivity contribution in [3.8, 4) is 5.75 Å². The molecule has 24 heavy (non-hydrogen) atoms. The van der Waals surface area contributed by atoms with Crippen molar-refractivity contribution in [3.05, 3.63) is 23.8 Å². The van der Waals surface area contributed by atoms with E-state index in [1.54, 1.807) is 0 Å². The molecule has 0 radical (unpaired) electrons. The molecule has 0 spiro atoms. The number of benzene rings is 1. The highest BCUT2D eigenvalue weighted by Crippen LogP contribution is 2.29. The number of carbonyl (C=O) groups excluding carboxylic acids is 1. The Kier molecular flexibility index (Phi) is 5.96. The second kappa shape index (κ2) is 8.38. The fraction of sp³-hybridized carbons (Fsp3) is 0.632. The molecule has 2 amide bonds. The van der Waals surface area contributed by atoms with E-state index in [9.17, 15) is 4.79 Å². The van der Waals surface area contributed by atoms with Crippen molar-refractivity contribution in [2.75, 3.05) is 31.6 Å². The lowest BCUT2D eigenvalue weighted by Crippen LogP contribution is -2.32. The number of hydrogen-bond donors (Lipinski definition) is 2. The lowest BCUT2D eigenvalue weighted by Gasteiger charge is -2.28. The predicted octanol–water partition coefficient (Wildman–Crippen LogP) is 3.60. The molecule has 1 aliphatic carbocycles. The fourth-order valence-corrected chi connectivity index (χ4v) is 3.75. The summed E-state index contributed by atoms with van der Waals surface area (Å²) < 4.78 is 5.91. The van der Waals surface area contributed by atoms with Gasteiger partial charge in [-0.1, -0.05) is 19.3 Å². The molecule has 0 saturated heterocycles. The molecule has 2 aliphatic rings. The van der Waals surface area contributed by atoms with Gasteiger partial charge in [-0.15, -0.1) is 0 Å². The molecule has 1 saturated carbocycles. The van der Waals surface area contributed by atoms with Gasteiger partial charge in [0.2, 0.25) is 0 Å². The van der Waals surface area contributed by atoms with Gasteiger partial charge in [0.1, 0.15) is 12.4 Å². The van der Waals surface area contributed by atoms with Crippen LogP contribution in [-0.4, -0.2) is 37.2 Å². The first-order valence-electron chi connectivity index (χ1n) is 9.27. The van der Waals surface area contributed by atoms with E-state index in [2.05, 4.69) is 15.5 Å². The van der Waals surface area contributed by atoms with Gasteiger partial charge in [0.05, 0.1) is 0 Å². The third-order valence-corrected chi connectivity index (χ3v) is 4.96. The largest absolute Gasteiger partial charge is 0.492 e. The van der Waals surface area contributed by atoms with Crippen molar-refractivity contribution in [2.24, 2.45) is 5.92 Å². The average molecular weight is 331 g/mol. The Morgan fingerprint density at radius 2 is 2.12 bits per heavy atom. The molecule has 0 unspecified atom stereocenters. The number of nitrogens with zero attached hydrogens (tertiary/aromatic N) is 1. The van der Waals surface area contributed by atoms with Crippen LogP contribution in [0.2, 0.25) is 0 Å². The van der Waals surface area contributed by atoms with E-state index in [0.29, 0.717) is 6.54 Å². The van der Waals surface area contributed by atoms with Gasteiger partial charge < -0.3 is 15.4 Å². The number of ether oxygens (including phenoxy) is 1. The van der Waals surface area contributed by atoms with Gasteiger partial charge in [0.15, 0.2) is 0 Å². The van der Waals surface area contributed by atoms with E-state index < -0.39 is 0 Å². The van der Waals surface area contributed by atoms with Crippen LogP contribution in [0, 0.1) is 5.92 Å². The summed E-state index contributed by atoms with van der Waals surface area (Å²) in [5.41, 5.74) is 1.99. The van der Waals surface area contributed by atoms with E-state index in [-0.39, 0.29) is 6.03 Å². The Labute approximate surface area is 144 Å². The highest BCUT2D eigenvalue weighted by Gasteiger charge is 2.21. The topological polar surface area (TPSA) is 53.6 Å². The molecule has 1 fully saturated rings. The SMILES string of the molecule is CCNC(=O)Nc1ccc2c(c1)CN(CC1CCCCC1)CCO2. The zero-order chi connectivity index (χ0) is 16.8. The van der Waals surface area contributed by atoms with Crippen LogP contribution >= 0.6 is 0 Å². The summed E-state index contributed by atoms with van der Waals surface area (Å²) in [7, 11) is 0. The van der Waals surface area contributed by atoms with E-state index in [1.807, 2.05) is 25.1 Å². The quantitative estimate of drug-likeness (QED) is 0.886. The van der Waals surface area contributed by atoms with Crippen LogP contribution < -0.4 is 15.4 Å². The summed E-state index contributed by atoms with van der Waals surface area (Å²) in [5, 5.41) is 5.64. The van der Waals surface area contributed by atoms with Gasteiger partial charge in [0.25, 0.3) is 0 Å². The molecule has 0 bridgehead atoms. The maximum Gasteiger partial charge on any atom is 0.319 e. The molecule has 0 aromatic heterocycles. The standard InChI is InChI=1S/C19H29N3O2/c1-2-20-19(23)21-17-8-9-18-16(12-17)14-22(10-11-24-18)13-15-6-4-3-5-7-15/h8-9,12,15H,2-7,10-11,13-14H2,1H3,(H2,20,21,23). The molecule has 5 heteroatoms. The molecule has 1 aliphatic heterocycles. The molecule has 1 aromatic carbocycles. The Morgan fingerprint density at radius 1 is 1.29 bits per heavy atom. The number of rotatable bonds is 4. The molecule has 2 N–H and O–H groups in total. The summed E-state index contributed by atoms with van der Waals surface area (Å²) in [4.78, 5) is 14.2. The van der Waals surface area contributed by atoms with Crippen LogP contribution in [0.4, 0.5) is 10.5 Å². The van der Waals surface area contributed by atoms with Crippen molar-refractivity contribution < 1.29 is 9.53 Å². The Bertz CT molecular complexity index is 556. The number of hydrogen-bond acceptors (Lipinski definition) is 3. The zero-order valence-electron chi connectivity index (χ0n) is 14.6. The van der Waals surface area contributed by atoms with Crippen molar-refractivity contribution in [2.45, 2.75) is 45.6 Å². The lowest BCUT2D eigenvalue weighted by atomic mass is 9.89. The number of amides is 2. The van der Waals surface area contributed by atoms with Crippen LogP contribution in [0.5, 0.6) is 5.75 Å². The minimum atomic E-state index is -0.161. The number of fused-ring (bicyclic) bond motifs is 1. The van der Waals surface area contributed by atoms with Gasteiger partial charge in [-0.05, 0) is 43.9 Å². The summed E-state index contributed by atoms with van der Waals surface area (Å²) in [5.74, 6) is 1.78. The molecule has 132 valence electrons. The molecule has 3 rings (SSSR count). The molecule has 1 heterocycles. The Morgan fingerprint density at radius 3 is 2.92 bits per heavy atom. The monoisotopic (exact) mass is 331 g/mol. The van der Waals surface area contributed by atoms with Crippen LogP contribution in [0.3, 0.4) is 0 Å². The maximum atomic E-state index is 11.7. The maximum absolute atomic E-state index is 11.7. The third kappa shape index (κ3) is 4.63. The van der Waals surface area contributed by atoms with Crippen molar-refractivity contribution in [1.82, 2.24) is 10.2 Å². The highest BCUT2D eigenvalue weighted by molar-refractivity contribution is 5.89. The average Bonchev–Trinajstić information content (AvgIpc) is 2.77. The van der Waals surface area contributed by atoms with Crippen molar-refractivity contribution >= 4 is 11.7 Å². The minimum Gasteiger partial charge on any atom is -0.492 e. The number of carbonyl (C=O) groups is 1. The fourth-order valence-electron chi connectivity index (χ4n) is 3.75. The molecule has 0 atom stereocenters. The van der Waals surface area contributed by atoms with Crippen LogP contribution in [0.15, 0.2) is 18.2 Å². The van der Waals surface area contributed by atoms with Gasteiger partial charge in [-0.3, -0.25) is 4.90 Å². The minimum absolute atomic E-state index is 0.161. The molecular formula is C19H29N3O2. The molecular weight excluding hydrogens is 302 g/mol.